The summed E-state index contributed by atoms with van der Waals surface area (Å²) in [5.74, 6) is 0. The van der Waals surface area contributed by atoms with E-state index in [-0.39, 0.29) is 81.5 Å². The molecule has 5 N–H and O–H groups in total. The van der Waals surface area contributed by atoms with Crippen LogP contribution >= 0.6 is 0 Å². The van der Waals surface area contributed by atoms with Crippen LogP contribution in [0.5, 0.6) is 0 Å². The largest absolute Gasteiger partial charge is 0.870 e. The maximum atomic E-state index is 0. The fourth-order valence-corrected chi connectivity index (χ4v) is 0. The van der Waals surface area contributed by atoms with Crippen LogP contribution in [0.4, 0.5) is 0 Å². The molecule has 0 aliphatic rings. The van der Waals surface area contributed by atoms with E-state index in [0.717, 1.165) is 0 Å². The maximum Gasteiger partial charge on any atom is 0 e. The minimum atomic E-state index is 0. The van der Waals surface area contributed by atoms with E-state index < -0.39 is 0 Å². The molecule has 0 aromatic heterocycles. The monoisotopic (exact) mass is 248 g/mol. The van der Waals surface area contributed by atoms with Crippen LogP contribution in [0, 0.1) is 0 Å². The molecule has 0 heterocycles. The number of rotatable bonds is 0. The summed E-state index contributed by atoms with van der Waals surface area (Å²) in [6.45, 7) is 0. The van der Waals surface area contributed by atoms with Gasteiger partial charge in [-0.25, -0.2) is 0 Å². The third kappa shape index (κ3) is 22.6. The Morgan fingerprint density at radius 2 is 1.00 bits per heavy atom. The maximum absolute atomic E-state index is 0. The molecule has 0 atom stereocenters. The van der Waals surface area contributed by atoms with Gasteiger partial charge in [0.15, 0.2) is 0 Å². The van der Waals surface area contributed by atoms with Crippen molar-refractivity contribution < 1.29 is 55.5 Å². The molecule has 0 aromatic carbocycles. The molecule has 0 amide bonds. The van der Waals surface area contributed by atoms with E-state index in [0.29, 0.717) is 0 Å². The van der Waals surface area contributed by atoms with Gasteiger partial charge in [0, 0.05) is 50.1 Å². The zero-order chi connectivity index (χ0) is 0. The summed E-state index contributed by atoms with van der Waals surface area (Å²) >= 11 is 0. The quantitative estimate of drug-likeness (QED) is 0.550. The summed E-state index contributed by atoms with van der Waals surface area (Å²) in [6.07, 6.45) is 0. The molecule has 0 fully saturated rings. The van der Waals surface area contributed by atoms with Gasteiger partial charge in [0.25, 0.3) is 0 Å². The molecule has 31 valence electrons. The second kappa shape index (κ2) is 34.7. The van der Waals surface area contributed by atoms with Gasteiger partial charge in [0.1, 0.15) is 0 Å². The zero-order valence-electron chi connectivity index (χ0n) is 2.43. The Labute approximate surface area is 80.4 Å². The third-order valence-corrected chi connectivity index (χ3v) is 0. The van der Waals surface area contributed by atoms with Crippen LogP contribution in [-0.4, -0.2) is 25.3 Å². The van der Waals surface area contributed by atoms with E-state index in [1.165, 1.54) is 0 Å². The Bertz CT molecular complexity index is 11.6. The molecule has 0 aromatic rings. The molecule has 2 nitrogen and oxygen atoms in total. The molecule has 0 unspecified atom stereocenters. The average Bonchev–Trinajstić information content (AvgIpc) is 0. The standard InChI is InChI=1S/Cr.Ga.H3N.H2O.Y.3H/h;;1H3;1H2;;;;. The van der Waals surface area contributed by atoms with Gasteiger partial charge in [-0.3, -0.25) is 0 Å². The molecule has 5 heteroatoms. The predicted molar refractivity (Wildman–Crippen MR) is 17.9 cm³/mol. The first-order valence-electron chi connectivity index (χ1n) is 0. The van der Waals surface area contributed by atoms with Crippen molar-refractivity contribution in [3.63, 3.8) is 0 Å². The molecular formula is H8CrGaNOY. The topological polar surface area (TPSA) is 66.5 Å². The van der Waals surface area contributed by atoms with Gasteiger partial charge in [-0.1, -0.05) is 0 Å². The smallest absolute Gasteiger partial charge is 0 e. The normalized spacial score (nSPS) is 0. The Morgan fingerprint density at radius 3 is 1.00 bits per heavy atom. The predicted octanol–water partition coefficient (Wildman–Crippen LogP) is -0.990. The van der Waals surface area contributed by atoms with E-state index in [9.17, 15) is 0 Å². The van der Waals surface area contributed by atoms with Crippen molar-refractivity contribution >= 4 is 19.8 Å². The average molecular weight is 249 g/mol. The molecular weight excluding hydrogens is 241 g/mol. The van der Waals surface area contributed by atoms with Gasteiger partial charge in [0.05, 0.1) is 0 Å². The van der Waals surface area contributed by atoms with Crippen molar-refractivity contribution in [2.24, 2.45) is 0 Å². The Balaban J connectivity index is 0. The van der Waals surface area contributed by atoms with Crippen LogP contribution in [0.2, 0.25) is 0 Å². The Hall–Kier alpha value is 2.19. The molecule has 0 spiro atoms. The molecule has 0 aliphatic carbocycles. The zero-order valence-corrected chi connectivity index (χ0v) is 6.55. The van der Waals surface area contributed by atoms with Gasteiger partial charge in [-0.2, -0.15) is 0 Å². The van der Waals surface area contributed by atoms with Crippen molar-refractivity contribution in [3.8, 4) is 0 Å². The number of hydrogen-bond acceptors (Lipinski definition) is 1. The van der Waals surface area contributed by atoms with Crippen LogP contribution in [0.3, 0.4) is 0 Å². The Kier molecular flexibility index (Phi) is 398. The van der Waals surface area contributed by atoms with E-state index in [1.807, 2.05) is 0 Å². The first-order chi connectivity index (χ1) is 0. The van der Waals surface area contributed by atoms with E-state index in [1.54, 1.807) is 0 Å². The second-order valence-corrected chi connectivity index (χ2v) is 0. The van der Waals surface area contributed by atoms with Gasteiger partial charge in [-0.05, 0) is 0 Å². The summed E-state index contributed by atoms with van der Waals surface area (Å²) in [5.41, 5.74) is 0. The van der Waals surface area contributed by atoms with Crippen molar-refractivity contribution in [3.05, 3.63) is 0 Å². The van der Waals surface area contributed by atoms with Crippen molar-refractivity contribution in [1.29, 1.82) is 0 Å². The summed E-state index contributed by atoms with van der Waals surface area (Å²) < 4.78 is 0. The summed E-state index contributed by atoms with van der Waals surface area (Å²) in [7, 11) is 0. The SMILES string of the molecule is [Cr].[GaH3].[NH4+].[OH-].[Y]. The summed E-state index contributed by atoms with van der Waals surface area (Å²) in [4.78, 5) is 0. The minimum Gasteiger partial charge on any atom is -0.870 e. The minimum absolute atomic E-state index is 0. The molecule has 0 rings (SSSR count). The van der Waals surface area contributed by atoms with Crippen LogP contribution in [0.25, 0.3) is 0 Å². The molecule has 0 saturated carbocycles. The van der Waals surface area contributed by atoms with Crippen LogP contribution in [0.15, 0.2) is 0 Å². The third-order valence-electron chi connectivity index (χ3n) is 0. The molecule has 0 bridgehead atoms. The van der Waals surface area contributed by atoms with E-state index >= 15 is 0 Å². The van der Waals surface area contributed by atoms with Gasteiger partial charge >= 0.3 is 19.8 Å². The first kappa shape index (κ1) is 57.4. The molecule has 5 heavy (non-hydrogen) atoms. The van der Waals surface area contributed by atoms with Gasteiger partial charge < -0.3 is 11.6 Å². The van der Waals surface area contributed by atoms with Crippen molar-refractivity contribution in [2.45, 2.75) is 0 Å². The van der Waals surface area contributed by atoms with Gasteiger partial charge in [0.2, 0.25) is 0 Å². The van der Waals surface area contributed by atoms with E-state index in [2.05, 4.69) is 0 Å². The van der Waals surface area contributed by atoms with E-state index in [4.69, 9.17) is 0 Å². The fraction of sp³-hybridized carbons (Fsp3) is 0. The summed E-state index contributed by atoms with van der Waals surface area (Å²) in [6, 6.07) is 0. The number of quaternary nitrogens is 1. The molecule has 1 radical (unpaired) electrons. The molecule has 0 saturated heterocycles. The first-order valence-corrected chi connectivity index (χ1v) is 0. The molecule has 0 aliphatic heterocycles. The second-order valence-electron chi connectivity index (χ2n) is 0. The van der Waals surface area contributed by atoms with Crippen LogP contribution in [0.1, 0.15) is 0 Å². The van der Waals surface area contributed by atoms with Gasteiger partial charge in [-0.15, -0.1) is 0 Å². The van der Waals surface area contributed by atoms with Crippen molar-refractivity contribution in [1.82, 2.24) is 6.15 Å². The van der Waals surface area contributed by atoms with Crippen LogP contribution < -0.4 is 6.15 Å². The van der Waals surface area contributed by atoms with Crippen molar-refractivity contribution in [2.75, 3.05) is 0 Å². The Morgan fingerprint density at radius 1 is 1.00 bits per heavy atom. The summed E-state index contributed by atoms with van der Waals surface area (Å²) in [5, 5.41) is 0. The fourth-order valence-electron chi connectivity index (χ4n) is 0. The number of hydrogen-bond donors (Lipinski definition) is 1. The van der Waals surface area contributed by atoms with Crippen LogP contribution in [-0.2, 0) is 50.1 Å².